The average molecular weight is 259 g/mol. The fourth-order valence-corrected chi connectivity index (χ4v) is 2.78. The molecule has 0 unspecified atom stereocenters. The van der Waals surface area contributed by atoms with Gasteiger partial charge in [0, 0.05) is 12.3 Å². The molecule has 0 spiro atoms. The van der Waals surface area contributed by atoms with Crippen LogP contribution in [0.1, 0.15) is 18.9 Å². The second kappa shape index (κ2) is 6.00. The lowest BCUT2D eigenvalue weighted by molar-refractivity contribution is 0.594. The van der Waals surface area contributed by atoms with Gasteiger partial charge >= 0.3 is 0 Å². The van der Waals surface area contributed by atoms with E-state index >= 15 is 0 Å². The molecule has 0 bridgehead atoms. The molecule has 0 fully saturated rings. The van der Waals surface area contributed by atoms with Crippen LogP contribution in [0.4, 0.5) is 10.1 Å². The first-order chi connectivity index (χ1) is 7.96. The van der Waals surface area contributed by atoms with E-state index in [0.29, 0.717) is 17.7 Å². The molecule has 0 aliphatic carbocycles. The van der Waals surface area contributed by atoms with Gasteiger partial charge in [-0.2, -0.15) is 0 Å². The highest BCUT2D eigenvalue weighted by Crippen LogP contribution is 2.16. The molecule has 0 amide bonds. The standard InChI is InChI=1S/C12H18FNO2S/c1-3-8-17(15,16)9-7-14-11-6-4-5-10(2)12(11)13/h4-6,14H,3,7-9H2,1-2H3. The van der Waals surface area contributed by atoms with Crippen LogP contribution in [0.15, 0.2) is 18.2 Å². The number of halogens is 1. The maximum Gasteiger partial charge on any atom is 0.152 e. The molecule has 5 heteroatoms. The summed E-state index contributed by atoms with van der Waals surface area (Å²) in [6, 6.07) is 5.02. The zero-order valence-electron chi connectivity index (χ0n) is 10.2. The Kier molecular flexibility index (Phi) is 4.93. The Morgan fingerprint density at radius 3 is 2.65 bits per heavy atom. The highest BCUT2D eigenvalue weighted by molar-refractivity contribution is 7.91. The number of aryl methyl sites for hydroxylation is 1. The van der Waals surface area contributed by atoms with E-state index in [1.165, 1.54) is 0 Å². The van der Waals surface area contributed by atoms with Gasteiger partial charge in [-0.3, -0.25) is 0 Å². The van der Waals surface area contributed by atoms with Gasteiger partial charge in [0.1, 0.15) is 5.82 Å². The van der Waals surface area contributed by atoms with Gasteiger partial charge in [0.15, 0.2) is 9.84 Å². The number of anilines is 1. The van der Waals surface area contributed by atoms with Crippen LogP contribution in [0.3, 0.4) is 0 Å². The summed E-state index contributed by atoms with van der Waals surface area (Å²) in [6.07, 6.45) is 0.612. The van der Waals surface area contributed by atoms with E-state index < -0.39 is 9.84 Å². The number of benzene rings is 1. The first-order valence-corrected chi connectivity index (χ1v) is 7.48. The molecule has 0 aromatic heterocycles. The number of hydrogen-bond acceptors (Lipinski definition) is 3. The van der Waals surface area contributed by atoms with Crippen LogP contribution in [0.25, 0.3) is 0 Å². The lowest BCUT2D eigenvalue weighted by atomic mass is 10.2. The second-order valence-electron chi connectivity index (χ2n) is 4.02. The summed E-state index contributed by atoms with van der Waals surface area (Å²) in [4.78, 5) is 0. The first kappa shape index (κ1) is 14.0. The summed E-state index contributed by atoms with van der Waals surface area (Å²) in [5.41, 5.74) is 0.906. The Balaban J connectivity index is 2.55. The minimum absolute atomic E-state index is 0.0359. The van der Waals surface area contributed by atoms with E-state index in [1.54, 1.807) is 25.1 Å². The van der Waals surface area contributed by atoms with Gasteiger partial charge in [-0.05, 0) is 25.0 Å². The van der Waals surface area contributed by atoms with E-state index in [1.807, 2.05) is 6.92 Å². The molecule has 0 radical (unpaired) electrons. The van der Waals surface area contributed by atoms with Crippen LogP contribution in [0.2, 0.25) is 0 Å². The Bertz CT molecular complexity index is 471. The third kappa shape index (κ3) is 4.34. The SMILES string of the molecule is CCCS(=O)(=O)CCNc1cccc(C)c1F. The van der Waals surface area contributed by atoms with E-state index in [2.05, 4.69) is 5.32 Å². The van der Waals surface area contributed by atoms with E-state index in [4.69, 9.17) is 0 Å². The molecule has 0 heterocycles. The smallest absolute Gasteiger partial charge is 0.152 e. The number of rotatable bonds is 6. The monoisotopic (exact) mass is 259 g/mol. The molecular formula is C12H18FNO2S. The first-order valence-electron chi connectivity index (χ1n) is 5.65. The van der Waals surface area contributed by atoms with Gasteiger partial charge in [0.25, 0.3) is 0 Å². The van der Waals surface area contributed by atoms with Gasteiger partial charge in [0.05, 0.1) is 11.4 Å². The third-order valence-corrected chi connectivity index (χ3v) is 4.29. The minimum Gasteiger partial charge on any atom is -0.382 e. The highest BCUT2D eigenvalue weighted by Gasteiger charge is 2.09. The van der Waals surface area contributed by atoms with Gasteiger partial charge in [0.2, 0.25) is 0 Å². The molecule has 1 N–H and O–H groups in total. The normalized spacial score (nSPS) is 11.5. The van der Waals surface area contributed by atoms with Crippen molar-refractivity contribution >= 4 is 15.5 Å². The van der Waals surface area contributed by atoms with E-state index in [0.717, 1.165) is 0 Å². The van der Waals surface area contributed by atoms with Crippen molar-refractivity contribution in [2.24, 2.45) is 0 Å². The summed E-state index contributed by atoms with van der Waals surface area (Å²) in [5.74, 6) is -0.0977. The number of nitrogens with one attached hydrogen (secondary N) is 1. The fourth-order valence-electron chi connectivity index (χ4n) is 1.54. The van der Waals surface area contributed by atoms with Crippen molar-refractivity contribution in [2.45, 2.75) is 20.3 Å². The molecule has 3 nitrogen and oxygen atoms in total. The van der Waals surface area contributed by atoms with Crippen molar-refractivity contribution in [3.8, 4) is 0 Å². The van der Waals surface area contributed by atoms with Gasteiger partial charge < -0.3 is 5.32 Å². The summed E-state index contributed by atoms with van der Waals surface area (Å²) in [7, 11) is -3.01. The molecule has 1 aromatic rings. The summed E-state index contributed by atoms with van der Waals surface area (Å²) < 4.78 is 36.4. The predicted octanol–water partition coefficient (Wildman–Crippen LogP) is 2.37. The van der Waals surface area contributed by atoms with Crippen LogP contribution in [-0.2, 0) is 9.84 Å². The molecule has 17 heavy (non-hydrogen) atoms. The molecule has 96 valence electrons. The maximum absolute atomic E-state index is 13.6. The second-order valence-corrected chi connectivity index (χ2v) is 6.32. The van der Waals surface area contributed by atoms with E-state index in [9.17, 15) is 12.8 Å². The van der Waals surface area contributed by atoms with Crippen LogP contribution in [0, 0.1) is 12.7 Å². The Morgan fingerprint density at radius 2 is 2.00 bits per heavy atom. The lowest BCUT2D eigenvalue weighted by Crippen LogP contribution is -2.18. The minimum atomic E-state index is -3.01. The zero-order valence-corrected chi connectivity index (χ0v) is 11.0. The van der Waals surface area contributed by atoms with Crippen LogP contribution >= 0.6 is 0 Å². The van der Waals surface area contributed by atoms with Gasteiger partial charge in [-0.25, -0.2) is 12.8 Å². The molecule has 0 saturated heterocycles. The van der Waals surface area contributed by atoms with Crippen molar-refractivity contribution in [3.63, 3.8) is 0 Å². The Hall–Kier alpha value is -1.10. The molecule has 1 rings (SSSR count). The fraction of sp³-hybridized carbons (Fsp3) is 0.500. The van der Waals surface area contributed by atoms with Gasteiger partial charge in [-0.1, -0.05) is 19.1 Å². The number of hydrogen-bond donors (Lipinski definition) is 1. The van der Waals surface area contributed by atoms with Crippen molar-refractivity contribution in [1.29, 1.82) is 0 Å². The maximum atomic E-state index is 13.6. The Morgan fingerprint density at radius 1 is 1.29 bits per heavy atom. The largest absolute Gasteiger partial charge is 0.382 e. The topological polar surface area (TPSA) is 46.2 Å². The number of sulfone groups is 1. The zero-order chi connectivity index (χ0) is 12.9. The summed E-state index contributed by atoms with van der Waals surface area (Å²) in [6.45, 7) is 3.74. The predicted molar refractivity (Wildman–Crippen MR) is 68.6 cm³/mol. The van der Waals surface area contributed by atoms with Crippen LogP contribution in [-0.4, -0.2) is 26.5 Å². The van der Waals surface area contributed by atoms with Crippen LogP contribution < -0.4 is 5.32 Å². The molecule has 0 aliphatic rings. The molecule has 0 saturated carbocycles. The average Bonchev–Trinajstić information content (AvgIpc) is 2.24. The van der Waals surface area contributed by atoms with Crippen molar-refractivity contribution in [3.05, 3.63) is 29.6 Å². The van der Waals surface area contributed by atoms with Crippen molar-refractivity contribution in [1.82, 2.24) is 0 Å². The van der Waals surface area contributed by atoms with Crippen molar-refractivity contribution < 1.29 is 12.8 Å². The van der Waals surface area contributed by atoms with Gasteiger partial charge in [-0.15, -0.1) is 0 Å². The molecular weight excluding hydrogens is 241 g/mol. The molecule has 0 atom stereocenters. The highest BCUT2D eigenvalue weighted by atomic mass is 32.2. The summed E-state index contributed by atoms with van der Waals surface area (Å²) in [5, 5.41) is 2.81. The van der Waals surface area contributed by atoms with E-state index in [-0.39, 0.29) is 23.9 Å². The Labute approximate surface area is 102 Å². The van der Waals surface area contributed by atoms with Crippen LogP contribution in [0.5, 0.6) is 0 Å². The lowest BCUT2D eigenvalue weighted by Gasteiger charge is -2.09. The van der Waals surface area contributed by atoms with Crippen molar-refractivity contribution in [2.75, 3.05) is 23.4 Å². The quantitative estimate of drug-likeness (QED) is 0.853. The third-order valence-electron chi connectivity index (χ3n) is 2.44. The molecule has 1 aromatic carbocycles. The summed E-state index contributed by atoms with van der Waals surface area (Å²) >= 11 is 0. The molecule has 0 aliphatic heterocycles.